The second kappa shape index (κ2) is 8.59. The average Bonchev–Trinajstić information content (AvgIpc) is 3.40. The summed E-state index contributed by atoms with van der Waals surface area (Å²) in [6.45, 7) is 6.56. The lowest BCUT2D eigenvalue weighted by atomic mass is 9.87. The molecule has 0 spiro atoms. The zero-order valence-electron chi connectivity index (χ0n) is 19.5. The first kappa shape index (κ1) is 22.7. The molecule has 180 valence electrons. The maximum atomic E-state index is 12.9. The van der Waals surface area contributed by atoms with Crippen molar-refractivity contribution in [1.29, 1.82) is 0 Å². The molecule has 0 bridgehead atoms. The molecule has 0 saturated carbocycles. The third-order valence-corrected chi connectivity index (χ3v) is 7.11. The minimum atomic E-state index is -1.06. The summed E-state index contributed by atoms with van der Waals surface area (Å²) in [5.41, 5.74) is 1.54. The van der Waals surface area contributed by atoms with Gasteiger partial charge in [0.05, 0.1) is 29.2 Å². The van der Waals surface area contributed by atoms with E-state index in [1.807, 2.05) is 16.9 Å². The number of aromatic nitrogens is 3. The van der Waals surface area contributed by atoms with Crippen molar-refractivity contribution in [2.75, 3.05) is 13.1 Å². The Morgan fingerprint density at radius 3 is 2.62 bits per heavy atom. The van der Waals surface area contributed by atoms with Crippen LogP contribution in [0.4, 0.5) is 0 Å². The molecule has 1 atom stereocenters. The highest BCUT2D eigenvalue weighted by molar-refractivity contribution is 6.05. The summed E-state index contributed by atoms with van der Waals surface area (Å²) in [6.07, 6.45) is 3.59. The number of piperidine rings is 2. The number of aliphatic hydroxyl groups is 1. The molecule has 3 aliphatic rings. The second-order valence-electron chi connectivity index (χ2n) is 9.78. The number of nitrogens with zero attached hydrogens (tertiary/aromatic N) is 5. The molecule has 5 rings (SSSR count). The summed E-state index contributed by atoms with van der Waals surface area (Å²) >= 11 is 0. The van der Waals surface area contributed by atoms with E-state index in [-0.39, 0.29) is 24.8 Å². The molecule has 0 radical (unpaired) electrons. The van der Waals surface area contributed by atoms with E-state index in [1.165, 1.54) is 4.90 Å². The van der Waals surface area contributed by atoms with Crippen LogP contribution >= 0.6 is 0 Å². The number of imide groups is 1. The molecule has 1 unspecified atom stereocenters. The molecule has 2 aromatic rings. The van der Waals surface area contributed by atoms with E-state index >= 15 is 0 Å². The van der Waals surface area contributed by atoms with Crippen LogP contribution in [-0.4, -0.2) is 66.5 Å². The van der Waals surface area contributed by atoms with Gasteiger partial charge < -0.3 is 10.0 Å². The maximum Gasteiger partial charge on any atom is 0.256 e. The molecule has 2 saturated heterocycles. The Kier molecular flexibility index (Phi) is 5.73. The molecule has 2 N–H and O–H groups in total. The largest absolute Gasteiger partial charge is 0.383 e. The van der Waals surface area contributed by atoms with Gasteiger partial charge in [0.1, 0.15) is 11.6 Å². The molecule has 10 nitrogen and oxygen atoms in total. The average molecular weight is 467 g/mol. The van der Waals surface area contributed by atoms with Crippen molar-refractivity contribution >= 4 is 17.7 Å². The van der Waals surface area contributed by atoms with E-state index in [4.69, 9.17) is 0 Å². The normalized spacial score (nSPS) is 22.9. The quantitative estimate of drug-likeness (QED) is 0.633. The zero-order valence-corrected chi connectivity index (χ0v) is 19.5. The Hall–Kier alpha value is -3.11. The lowest BCUT2D eigenvalue weighted by Crippen LogP contribution is -2.52. The molecule has 3 amide bonds. The molecule has 2 fully saturated rings. The lowest BCUT2D eigenvalue weighted by molar-refractivity contribution is -0.136. The minimum Gasteiger partial charge on any atom is -0.383 e. The van der Waals surface area contributed by atoms with E-state index in [1.54, 1.807) is 12.1 Å². The summed E-state index contributed by atoms with van der Waals surface area (Å²) in [5.74, 6) is -1.01. The van der Waals surface area contributed by atoms with Crippen LogP contribution in [0, 0.1) is 0 Å². The number of fused-ring (bicyclic) bond motifs is 1. The fraction of sp³-hybridized carbons (Fsp3) is 0.542. The van der Waals surface area contributed by atoms with Crippen LogP contribution in [0.3, 0.4) is 0 Å². The second-order valence-corrected chi connectivity index (χ2v) is 9.78. The van der Waals surface area contributed by atoms with Gasteiger partial charge in [0.15, 0.2) is 0 Å². The number of carbonyl (C=O) groups excluding carboxylic acids is 3. The topological polar surface area (TPSA) is 121 Å². The number of hydrogen-bond acceptors (Lipinski definition) is 7. The Morgan fingerprint density at radius 2 is 1.94 bits per heavy atom. The highest BCUT2D eigenvalue weighted by Gasteiger charge is 2.41. The van der Waals surface area contributed by atoms with Gasteiger partial charge in [-0.2, -0.15) is 5.10 Å². The number of rotatable bonds is 5. The van der Waals surface area contributed by atoms with Gasteiger partial charge in [-0.1, -0.05) is 0 Å². The highest BCUT2D eigenvalue weighted by Crippen LogP contribution is 2.34. The first-order valence-electron chi connectivity index (χ1n) is 11.9. The van der Waals surface area contributed by atoms with Crippen LogP contribution in [0.1, 0.15) is 73.0 Å². The Morgan fingerprint density at radius 1 is 1.18 bits per heavy atom. The smallest absolute Gasteiger partial charge is 0.256 e. The van der Waals surface area contributed by atoms with Crippen LogP contribution in [-0.2, 0) is 28.3 Å². The predicted molar refractivity (Wildman–Crippen MR) is 121 cm³/mol. The van der Waals surface area contributed by atoms with Crippen LogP contribution in [0.5, 0.6) is 0 Å². The summed E-state index contributed by atoms with van der Waals surface area (Å²) in [6, 6.07) is 5.12. The Bertz CT molecular complexity index is 1130. The summed E-state index contributed by atoms with van der Waals surface area (Å²) in [7, 11) is 0. The predicted octanol–water partition coefficient (Wildman–Crippen LogP) is 1.10. The van der Waals surface area contributed by atoms with Crippen molar-refractivity contribution in [2.45, 2.75) is 70.3 Å². The first-order chi connectivity index (χ1) is 16.2. The van der Waals surface area contributed by atoms with Gasteiger partial charge in [0.2, 0.25) is 11.8 Å². The molecular formula is C24H30N6O4. The van der Waals surface area contributed by atoms with Crippen molar-refractivity contribution in [3.63, 3.8) is 0 Å². The van der Waals surface area contributed by atoms with Gasteiger partial charge in [-0.15, -0.1) is 0 Å². The van der Waals surface area contributed by atoms with Crippen molar-refractivity contribution < 1.29 is 19.5 Å². The molecule has 10 heteroatoms. The van der Waals surface area contributed by atoms with Crippen molar-refractivity contribution in [3.8, 4) is 0 Å². The number of nitrogens with one attached hydrogen (secondary N) is 1. The zero-order chi connectivity index (χ0) is 24.0. The molecule has 34 heavy (non-hydrogen) atoms. The SMILES string of the molecule is CC(C)n1ccc(CN2CCC(O)(c3ccc4c(n3)CN(C3CCC(=O)NC3=O)C4=O)CC2)n1. The van der Waals surface area contributed by atoms with Crippen molar-refractivity contribution in [2.24, 2.45) is 0 Å². The lowest BCUT2D eigenvalue weighted by Gasteiger charge is -2.37. The van der Waals surface area contributed by atoms with E-state index in [0.717, 1.165) is 12.2 Å². The number of amides is 3. The number of pyridine rings is 1. The highest BCUT2D eigenvalue weighted by atomic mass is 16.3. The third-order valence-electron chi connectivity index (χ3n) is 7.11. The number of carbonyl (C=O) groups is 3. The van der Waals surface area contributed by atoms with Crippen LogP contribution < -0.4 is 5.32 Å². The standard InChI is InChI=1S/C24H30N6O4/c1-15(2)30-10-7-16(27-30)13-28-11-8-24(34,9-12-28)20-5-3-17-18(25-20)14-29(23(17)33)19-4-6-21(31)26-22(19)32/h3,5,7,10,15,19,34H,4,6,8-9,11-14H2,1-2H3,(H,26,31,32). The molecular weight excluding hydrogens is 436 g/mol. The van der Waals surface area contributed by atoms with Crippen LogP contribution in [0.15, 0.2) is 24.4 Å². The van der Waals surface area contributed by atoms with Gasteiger partial charge in [-0.3, -0.25) is 34.3 Å². The van der Waals surface area contributed by atoms with Gasteiger partial charge >= 0.3 is 0 Å². The molecule has 0 aromatic carbocycles. The fourth-order valence-electron chi connectivity index (χ4n) is 5.01. The van der Waals surface area contributed by atoms with Gasteiger partial charge in [-0.25, -0.2) is 0 Å². The fourth-order valence-corrected chi connectivity index (χ4v) is 5.01. The number of likely N-dealkylation sites (tertiary alicyclic amines) is 1. The molecule has 5 heterocycles. The Balaban J connectivity index is 1.25. The maximum absolute atomic E-state index is 12.9. The Labute approximate surface area is 197 Å². The van der Waals surface area contributed by atoms with E-state index in [2.05, 4.69) is 34.1 Å². The van der Waals surface area contributed by atoms with Gasteiger partial charge in [0.25, 0.3) is 5.91 Å². The molecule has 2 aromatic heterocycles. The van der Waals surface area contributed by atoms with Crippen molar-refractivity contribution in [1.82, 2.24) is 29.9 Å². The van der Waals surface area contributed by atoms with E-state index < -0.39 is 17.6 Å². The molecule has 0 aliphatic carbocycles. The van der Waals surface area contributed by atoms with Crippen LogP contribution in [0.2, 0.25) is 0 Å². The summed E-state index contributed by atoms with van der Waals surface area (Å²) < 4.78 is 1.95. The van der Waals surface area contributed by atoms with Gasteiger partial charge in [-0.05, 0) is 51.3 Å². The summed E-state index contributed by atoms with van der Waals surface area (Å²) in [4.78, 5) is 45.0. The summed E-state index contributed by atoms with van der Waals surface area (Å²) in [5, 5.41) is 18.3. The molecule has 3 aliphatic heterocycles. The van der Waals surface area contributed by atoms with Gasteiger partial charge in [0, 0.05) is 38.3 Å². The third kappa shape index (κ3) is 4.12. The monoisotopic (exact) mass is 466 g/mol. The van der Waals surface area contributed by atoms with Crippen LogP contribution in [0.25, 0.3) is 0 Å². The minimum absolute atomic E-state index is 0.203. The number of hydrogen-bond donors (Lipinski definition) is 2. The van der Waals surface area contributed by atoms with E-state index in [9.17, 15) is 19.5 Å². The first-order valence-corrected chi connectivity index (χ1v) is 11.9. The van der Waals surface area contributed by atoms with Crippen molar-refractivity contribution in [3.05, 3.63) is 47.0 Å². The van der Waals surface area contributed by atoms with E-state index in [0.29, 0.717) is 55.3 Å².